The minimum Gasteiger partial charge on any atom is -0.379 e. The molecular weight excluding hydrogens is 294 g/mol. The van der Waals surface area contributed by atoms with Gasteiger partial charge in [0, 0.05) is 30.5 Å². The maximum Gasteiger partial charge on any atom is 0.111 e. The Bertz CT molecular complexity index is 561. The number of aromatic nitrogens is 2. The van der Waals surface area contributed by atoms with Crippen molar-refractivity contribution in [1.82, 2.24) is 14.9 Å². The van der Waals surface area contributed by atoms with Crippen LogP contribution in [0.15, 0.2) is 22.7 Å². The zero-order valence-corrected chi connectivity index (χ0v) is 11.9. The van der Waals surface area contributed by atoms with Crippen molar-refractivity contribution in [2.24, 2.45) is 7.05 Å². The highest BCUT2D eigenvalue weighted by Crippen LogP contribution is 2.20. The van der Waals surface area contributed by atoms with Gasteiger partial charge in [-0.05, 0) is 18.2 Å². The predicted octanol–water partition coefficient (Wildman–Crippen LogP) is 1.87. The first-order chi connectivity index (χ1) is 8.74. The lowest BCUT2D eigenvalue weighted by molar-refractivity contribution is 0.0762. The number of benzene rings is 1. The van der Waals surface area contributed by atoms with Gasteiger partial charge in [-0.25, -0.2) is 4.98 Å². The number of hydrogen-bond acceptors (Lipinski definition) is 3. The molecule has 1 saturated heterocycles. The first-order valence-electron chi connectivity index (χ1n) is 6.16. The normalized spacial score (nSPS) is 20.4. The number of imidazole rings is 1. The average molecular weight is 310 g/mol. The summed E-state index contributed by atoms with van der Waals surface area (Å²) in [5.74, 6) is 1.10. The van der Waals surface area contributed by atoms with Crippen LogP contribution in [0.5, 0.6) is 0 Å². The lowest BCUT2D eigenvalue weighted by atomic mass is 10.2. The van der Waals surface area contributed by atoms with Crippen LogP contribution in [0, 0.1) is 0 Å². The van der Waals surface area contributed by atoms with E-state index in [0.717, 1.165) is 42.0 Å². The number of ether oxygens (including phenoxy) is 1. The Balaban J connectivity index is 1.89. The van der Waals surface area contributed by atoms with Crippen LogP contribution in [0.3, 0.4) is 0 Å². The largest absolute Gasteiger partial charge is 0.379 e. The molecule has 5 heteroatoms. The van der Waals surface area contributed by atoms with Gasteiger partial charge in [-0.15, -0.1) is 0 Å². The molecule has 0 saturated carbocycles. The lowest BCUT2D eigenvalue weighted by Crippen LogP contribution is -2.42. The van der Waals surface area contributed by atoms with Crippen molar-refractivity contribution >= 4 is 27.0 Å². The number of halogens is 1. The van der Waals surface area contributed by atoms with Crippen molar-refractivity contribution in [3.05, 3.63) is 28.5 Å². The molecule has 0 spiro atoms. The summed E-state index contributed by atoms with van der Waals surface area (Å²) in [6.07, 6.45) is 0.906. The van der Waals surface area contributed by atoms with Crippen molar-refractivity contribution in [3.8, 4) is 0 Å². The van der Waals surface area contributed by atoms with Crippen LogP contribution in [0.2, 0.25) is 0 Å². The quantitative estimate of drug-likeness (QED) is 0.920. The molecule has 2 aromatic rings. The molecule has 96 valence electrons. The van der Waals surface area contributed by atoms with E-state index in [1.54, 1.807) is 0 Å². The van der Waals surface area contributed by atoms with E-state index < -0.39 is 0 Å². The van der Waals surface area contributed by atoms with Crippen molar-refractivity contribution < 1.29 is 4.74 Å². The van der Waals surface area contributed by atoms with Gasteiger partial charge in [-0.1, -0.05) is 15.9 Å². The van der Waals surface area contributed by atoms with E-state index in [9.17, 15) is 0 Å². The number of aryl methyl sites for hydroxylation is 1. The first kappa shape index (κ1) is 12.1. The third-order valence-corrected chi connectivity index (χ3v) is 3.86. The van der Waals surface area contributed by atoms with E-state index in [-0.39, 0.29) is 0 Å². The van der Waals surface area contributed by atoms with Crippen LogP contribution in [0.4, 0.5) is 0 Å². The zero-order chi connectivity index (χ0) is 12.5. The van der Waals surface area contributed by atoms with Gasteiger partial charge in [0.15, 0.2) is 0 Å². The number of morpholine rings is 1. The highest BCUT2D eigenvalue weighted by molar-refractivity contribution is 9.10. The fraction of sp³-hybridized carbons (Fsp3) is 0.462. The van der Waals surface area contributed by atoms with Gasteiger partial charge < -0.3 is 14.6 Å². The number of nitrogens with one attached hydrogen (secondary N) is 1. The SMILES string of the molecule is Cn1c(CC2COCCN2)nc2cc(Br)ccc21. The molecule has 1 unspecified atom stereocenters. The van der Waals surface area contributed by atoms with Crippen molar-refractivity contribution in [3.63, 3.8) is 0 Å². The molecule has 1 aromatic heterocycles. The molecule has 0 radical (unpaired) electrons. The summed E-state index contributed by atoms with van der Waals surface area (Å²) >= 11 is 3.48. The molecule has 1 fully saturated rings. The van der Waals surface area contributed by atoms with E-state index in [2.05, 4.69) is 51.1 Å². The predicted molar refractivity (Wildman–Crippen MR) is 74.7 cm³/mol. The molecule has 1 atom stereocenters. The second-order valence-electron chi connectivity index (χ2n) is 4.65. The molecule has 3 rings (SSSR count). The Morgan fingerprint density at radius 1 is 1.56 bits per heavy atom. The molecule has 0 aliphatic carbocycles. The Morgan fingerprint density at radius 3 is 3.22 bits per heavy atom. The van der Waals surface area contributed by atoms with Gasteiger partial charge in [0.2, 0.25) is 0 Å². The Morgan fingerprint density at radius 2 is 2.44 bits per heavy atom. The number of hydrogen-bond donors (Lipinski definition) is 1. The second kappa shape index (κ2) is 4.99. The fourth-order valence-corrected chi connectivity index (χ4v) is 2.73. The zero-order valence-electron chi connectivity index (χ0n) is 10.3. The molecule has 0 amide bonds. The maximum atomic E-state index is 5.48. The second-order valence-corrected chi connectivity index (χ2v) is 5.57. The minimum absolute atomic E-state index is 0.373. The molecule has 1 aromatic carbocycles. The van der Waals surface area contributed by atoms with Gasteiger partial charge in [0.25, 0.3) is 0 Å². The molecular formula is C13H16BrN3O. The van der Waals surface area contributed by atoms with Crippen LogP contribution < -0.4 is 5.32 Å². The van der Waals surface area contributed by atoms with Crippen LogP contribution in [0.25, 0.3) is 11.0 Å². The monoisotopic (exact) mass is 309 g/mol. The Labute approximate surface area is 114 Å². The van der Waals surface area contributed by atoms with E-state index in [1.807, 2.05) is 0 Å². The first-order valence-corrected chi connectivity index (χ1v) is 6.95. The Hall–Kier alpha value is -0.910. The van der Waals surface area contributed by atoms with E-state index in [4.69, 9.17) is 9.72 Å². The summed E-state index contributed by atoms with van der Waals surface area (Å²) in [5, 5.41) is 3.46. The molecule has 18 heavy (non-hydrogen) atoms. The fourth-order valence-electron chi connectivity index (χ4n) is 2.38. The average Bonchev–Trinajstić information content (AvgIpc) is 2.67. The van der Waals surface area contributed by atoms with Crippen LogP contribution in [-0.2, 0) is 18.2 Å². The van der Waals surface area contributed by atoms with Gasteiger partial charge in [0.05, 0.1) is 24.2 Å². The highest BCUT2D eigenvalue weighted by atomic mass is 79.9. The van der Waals surface area contributed by atoms with Crippen LogP contribution in [0.1, 0.15) is 5.82 Å². The third kappa shape index (κ3) is 2.30. The van der Waals surface area contributed by atoms with Crippen molar-refractivity contribution in [1.29, 1.82) is 0 Å². The summed E-state index contributed by atoms with van der Waals surface area (Å²) in [6.45, 7) is 2.51. The standard InChI is InChI=1S/C13H16BrN3O/c1-17-12-3-2-9(14)6-11(12)16-13(17)7-10-8-18-5-4-15-10/h2-3,6,10,15H,4-5,7-8H2,1H3. The topological polar surface area (TPSA) is 39.1 Å². The van der Waals surface area contributed by atoms with Gasteiger partial charge >= 0.3 is 0 Å². The highest BCUT2D eigenvalue weighted by Gasteiger charge is 2.17. The molecule has 1 N–H and O–H groups in total. The van der Waals surface area contributed by atoms with E-state index >= 15 is 0 Å². The van der Waals surface area contributed by atoms with Gasteiger partial charge in [-0.2, -0.15) is 0 Å². The summed E-state index contributed by atoms with van der Waals surface area (Å²) in [7, 11) is 2.07. The third-order valence-electron chi connectivity index (χ3n) is 3.36. The van der Waals surface area contributed by atoms with Gasteiger partial charge in [0.1, 0.15) is 5.82 Å². The number of rotatable bonds is 2. The van der Waals surface area contributed by atoms with E-state index in [0.29, 0.717) is 6.04 Å². The van der Waals surface area contributed by atoms with Crippen molar-refractivity contribution in [2.45, 2.75) is 12.5 Å². The number of nitrogens with zero attached hydrogens (tertiary/aromatic N) is 2. The van der Waals surface area contributed by atoms with E-state index in [1.165, 1.54) is 5.52 Å². The van der Waals surface area contributed by atoms with Crippen LogP contribution in [-0.4, -0.2) is 35.4 Å². The lowest BCUT2D eigenvalue weighted by Gasteiger charge is -2.23. The smallest absolute Gasteiger partial charge is 0.111 e. The summed E-state index contributed by atoms with van der Waals surface area (Å²) in [4.78, 5) is 4.70. The Kier molecular flexibility index (Phi) is 3.37. The molecule has 1 aliphatic heterocycles. The number of fused-ring (bicyclic) bond motifs is 1. The summed E-state index contributed by atoms with van der Waals surface area (Å²) in [5.41, 5.74) is 2.21. The van der Waals surface area contributed by atoms with Crippen LogP contribution >= 0.6 is 15.9 Å². The summed E-state index contributed by atoms with van der Waals surface area (Å²) < 4.78 is 8.71. The molecule has 4 nitrogen and oxygen atoms in total. The molecule has 1 aliphatic rings. The van der Waals surface area contributed by atoms with Gasteiger partial charge in [-0.3, -0.25) is 0 Å². The minimum atomic E-state index is 0.373. The maximum absolute atomic E-state index is 5.48. The molecule has 0 bridgehead atoms. The summed E-state index contributed by atoms with van der Waals surface area (Å²) in [6, 6.07) is 6.58. The van der Waals surface area contributed by atoms with Crippen molar-refractivity contribution in [2.75, 3.05) is 19.8 Å². The molecule has 2 heterocycles.